The van der Waals surface area contributed by atoms with Gasteiger partial charge >= 0.3 is 5.97 Å². The molecule has 0 aliphatic carbocycles. The normalized spacial score (nSPS) is 10.4. The van der Waals surface area contributed by atoms with E-state index in [2.05, 4.69) is 0 Å². The molecule has 8 heteroatoms. The molecule has 3 aromatic rings. The predicted molar refractivity (Wildman–Crippen MR) is 116 cm³/mol. The smallest absolute Gasteiger partial charge is 0.339 e. The van der Waals surface area contributed by atoms with Gasteiger partial charge in [-0.2, -0.15) is 0 Å². The SMILES string of the molecule is COc1cccc(CN(Cc2ccc([N+](=O)[O-])cc2)c2ccc(OC)c(C(=O)O)c2)c1. The predicted octanol–water partition coefficient (Wildman–Crippen LogP) is 4.52. The molecule has 0 atom stereocenters. The minimum absolute atomic E-state index is 0.0145. The Bertz CT molecular complexity index is 1080. The average molecular weight is 422 g/mol. The molecule has 0 saturated carbocycles. The third-order valence-electron chi connectivity index (χ3n) is 4.81. The average Bonchev–Trinajstić information content (AvgIpc) is 2.78. The molecule has 0 heterocycles. The first-order chi connectivity index (χ1) is 14.9. The molecule has 0 aliphatic heterocycles. The van der Waals surface area contributed by atoms with Gasteiger partial charge in [0.2, 0.25) is 0 Å². The van der Waals surface area contributed by atoms with Crippen molar-refractivity contribution >= 4 is 17.3 Å². The van der Waals surface area contributed by atoms with Crippen LogP contribution in [0.1, 0.15) is 21.5 Å². The molecule has 3 aromatic carbocycles. The topological polar surface area (TPSA) is 102 Å². The van der Waals surface area contributed by atoms with E-state index in [4.69, 9.17) is 9.47 Å². The molecule has 8 nitrogen and oxygen atoms in total. The second-order valence-electron chi connectivity index (χ2n) is 6.82. The van der Waals surface area contributed by atoms with Crippen molar-refractivity contribution in [1.82, 2.24) is 0 Å². The van der Waals surface area contributed by atoms with Crippen LogP contribution in [0.15, 0.2) is 66.7 Å². The van der Waals surface area contributed by atoms with Gasteiger partial charge in [0.1, 0.15) is 17.1 Å². The lowest BCUT2D eigenvalue weighted by molar-refractivity contribution is -0.384. The third-order valence-corrected chi connectivity index (χ3v) is 4.81. The van der Waals surface area contributed by atoms with Gasteiger partial charge in [-0.3, -0.25) is 10.1 Å². The summed E-state index contributed by atoms with van der Waals surface area (Å²) in [5.74, 6) is -0.1000. The Kier molecular flexibility index (Phi) is 6.71. The lowest BCUT2D eigenvalue weighted by Gasteiger charge is -2.26. The molecule has 0 fully saturated rings. The number of ether oxygens (including phenoxy) is 2. The van der Waals surface area contributed by atoms with Crippen molar-refractivity contribution in [2.24, 2.45) is 0 Å². The summed E-state index contributed by atoms with van der Waals surface area (Å²) in [6, 6.07) is 18.9. The van der Waals surface area contributed by atoms with Crippen molar-refractivity contribution in [3.63, 3.8) is 0 Å². The fraction of sp³-hybridized carbons (Fsp3) is 0.174. The summed E-state index contributed by atoms with van der Waals surface area (Å²) < 4.78 is 10.5. The molecule has 0 spiro atoms. The van der Waals surface area contributed by atoms with Gasteiger partial charge in [0, 0.05) is 30.9 Å². The Balaban J connectivity index is 1.98. The zero-order chi connectivity index (χ0) is 22.4. The maximum Gasteiger partial charge on any atom is 0.339 e. The highest BCUT2D eigenvalue weighted by molar-refractivity contribution is 5.92. The van der Waals surface area contributed by atoms with Crippen molar-refractivity contribution in [2.75, 3.05) is 19.1 Å². The van der Waals surface area contributed by atoms with Gasteiger partial charge in [-0.1, -0.05) is 24.3 Å². The Hall–Kier alpha value is -4.07. The Morgan fingerprint density at radius 2 is 1.68 bits per heavy atom. The first-order valence-electron chi connectivity index (χ1n) is 9.44. The van der Waals surface area contributed by atoms with Crippen molar-refractivity contribution in [2.45, 2.75) is 13.1 Å². The number of nitro benzene ring substituents is 1. The van der Waals surface area contributed by atoms with Crippen LogP contribution in [-0.2, 0) is 13.1 Å². The summed E-state index contributed by atoms with van der Waals surface area (Å²) in [6.45, 7) is 0.889. The highest BCUT2D eigenvalue weighted by Crippen LogP contribution is 2.28. The van der Waals surface area contributed by atoms with E-state index >= 15 is 0 Å². The van der Waals surface area contributed by atoms with Gasteiger partial charge < -0.3 is 19.5 Å². The molecule has 160 valence electrons. The molecule has 0 saturated heterocycles. The van der Waals surface area contributed by atoms with Crippen LogP contribution in [0, 0.1) is 10.1 Å². The molecular formula is C23H22N2O6. The number of nitro groups is 1. The highest BCUT2D eigenvalue weighted by Gasteiger charge is 2.16. The molecular weight excluding hydrogens is 400 g/mol. The minimum atomic E-state index is -1.09. The number of non-ortho nitro benzene ring substituents is 1. The van der Waals surface area contributed by atoms with Crippen LogP contribution in [0.5, 0.6) is 11.5 Å². The number of anilines is 1. The van der Waals surface area contributed by atoms with E-state index in [1.54, 1.807) is 37.4 Å². The highest BCUT2D eigenvalue weighted by atomic mass is 16.6. The van der Waals surface area contributed by atoms with Crippen molar-refractivity contribution in [3.05, 3.63) is 93.5 Å². The lowest BCUT2D eigenvalue weighted by atomic mass is 10.1. The molecule has 1 N–H and O–H groups in total. The molecule has 31 heavy (non-hydrogen) atoms. The van der Waals surface area contributed by atoms with Crippen LogP contribution in [-0.4, -0.2) is 30.2 Å². The van der Waals surface area contributed by atoms with Crippen molar-refractivity contribution < 1.29 is 24.3 Å². The van der Waals surface area contributed by atoms with E-state index in [9.17, 15) is 20.0 Å². The number of carbonyl (C=O) groups is 1. The summed E-state index contributed by atoms with van der Waals surface area (Å²) in [5.41, 5.74) is 2.56. The minimum Gasteiger partial charge on any atom is -0.497 e. The van der Waals surface area contributed by atoms with Gasteiger partial charge in [0.25, 0.3) is 5.69 Å². The van der Waals surface area contributed by atoms with Gasteiger partial charge in [0.05, 0.1) is 19.1 Å². The van der Waals surface area contributed by atoms with E-state index in [-0.39, 0.29) is 17.0 Å². The van der Waals surface area contributed by atoms with Crippen LogP contribution in [0.4, 0.5) is 11.4 Å². The second-order valence-corrected chi connectivity index (χ2v) is 6.82. The second kappa shape index (κ2) is 9.62. The molecule has 0 unspecified atom stereocenters. The van der Waals surface area contributed by atoms with Crippen LogP contribution < -0.4 is 14.4 Å². The number of carboxylic acids is 1. The number of nitrogens with zero attached hydrogens (tertiary/aromatic N) is 2. The lowest BCUT2D eigenvalue weighted by Crippen LogP contribution is -2.22. The van der Waals surface area contributed by atoms with E-state index < -0.39 is 10.9 Å². The molecule has 3 rings (SSSR count). The fourth-order valence-corrected chi connectivity index (χ4v) is 3.23. The van der Waals surface area contributed by atoms with Crippen molar-refractivity contribution in [3.8, 4) is 11.5 Å². The largest absolute Gasteiger partial charge is 0.497 e. The zero-order valence-electron chi connectivity index (χ0n) is 17.1. The summed E-state index contributed by atoms with van der Waals surface area (Å²) in [6.07, 6.45) is 0. The van der Waals surface area contributed by atoms with Crippen LogP contribution in [0.3, 0.4) is 0 Å². The zero-order valence-corrected chi connectivity index (χ0v) is 17.1. The summed E-state index contributed by atoms with van der Waals surface area (Å²) in [4.78, 5) is 24.2. The molecule has 0 radical (unpaired) electrons. The number of hydrogen-bond donors (Lipinski definition) is 1. The van der Waals surface area contributed by atoms with Crippen LogP contribution in [0.2, 0.25) is 0 Å². The summed E-state index contributed by atoms with van der Waals surface area (Å²) in [7, 11) is 3.02. The van der Waals surface area contributed by atoms with Crippen LogP contribution in [0.25, 0.3) is 0 Å². The quantitative estimate of drug-likeness (QED) is 0.400. The van der Waals surface area contributed by atoms with Gasteiger partial charge in [-0.15, -0.1) is 0 Å². The van der Waals surface area contributed by atoms with E-state index in [0.29, 0.717) is 24.5 Å². The number of benzene rings is 3. The third kappa shape index (κ3) is 5.30. The Morgan fingerprint density at radius 3 is 2.29 bits per heavy atom. The molecule has 0 aromatic heterocycles. The first kappa shape index (κ1) is 21.6. The number of aromatic carboxylic acids is 1. The maximum atomic E-state index is 11.7. The molecule has 0 amide bonds. The van der Waals surface area contributed by atoms with E-state index in [1.165, 1.54) is 19.2 Å². The number of methoxy groups -OCH3 is 2. The number of rotatable bonds is 9. The van der Waals surface area contributed by atoms with Crippen molar-refractivity contribution in [1.29, 1.82) is 0 Å². The molecule has 0 aliphatic rings. The fourth-order valence-electron chi connectivity index (χ4n) is 3.23. The number of carboxylic acid groups (broad SMARTS) is 1. The Labute approximate surface area is 179 Å². The Morgan fingerprint density at radius 1 is 0.968 bits per heavy atom. The summed E-state index contributed by atoms with van der Waals surface area (Å²) in [5, 5.41) is 20.5. The van der Waals surface area contributed by atoms with Gasteiger partial charge in [-0.05, 0) is 41.5 Å². The number of hydrogen-bond acceptors (Lipinski definition) is 6. The van der Waals surface area contributed by atoms with Gasteiger partial charge in [0.15, 0.2) is 0 Å². The summed E-state index contributed by atoms with van der Waals surface area (Å²) >= 11 is 0. The monoisotopic (exact) mass is 422 g/mol. The van der Waals surface area contributed by atoms with Gasteiger partial charge in [-0.25, -0.2) is 4.79 Å². The van der Waals surface area contributed by atoms with E-state index in [1.807, 2.05) is 29.2 Å². The standard InChI is InChI=1S/C23H22N2O6/c1-30-20-5-3-4-17(12-20)15-24(14-16-6-8-18(9-7-16)25(28)29)19-10-11-22(31-2)21(13-19)23(26)27/h3-13H,14-15H2,1-2H3,(H,26,27). The van der Waals surface area contributed by atoms with E-state index in [0.717, 1.165) is 11.1 Å². The maximum absolute atomic E-state index is 11.7. The van der Waals surface area contributed by atoms with Crippen LogP contribution >= 0.6 is 0 Å². The molecule has 0 bridgehead atoms. The first-order valence-corrected chi connectivity index (χ1v) is 9.44.